The Hall–Kier alpha value is -0.740. The van der Waals surface area contributed by atoms with Crippen LogP contribution in [0.25, 0.3) is 11.0 Å². The second-order valence-electron chi connectivity index (χ2n) is 6.70. The van der Waals surface area contributed by atoms with Crippen LogP contribution in [0.4, 0.5) is 0 Å². The van der Waals surface area contributed by atoms with Gasteiger partial charge < -0.3 is 18.8 Å². The first-order chi connectivity index (χ1) is 11.2. The second kappa shape index (κ2) is 5.38. The topological polar surface area (TPSA) is 58.4 Å². The molecule has 4 heterocycles. The van der Waals surface area contributed by atoms with Gasteiger partial charge >= 0.3 is 0 Å². The molecule has 0 unspecified atom stereocenters. The van der Waals surface area contributed by atoms with Crippen LogP contribution in [0.1, 0.15) is 27.0 Å². The fraction of sp³-hybridized carbons (Fsp3) is 0.500. The van der Waals surface area contributed by atoms with E-state index in [1.54, 1.807) is 0 Å². The zero-order valence-corrected chi connectivity index (χ0v) is 16.4. The molecule has 4 rings (SSSR count). The van der Waals surface area contributed by atoms with Crippen molar-refractivity contribution in [3.8, 4) is 0 Å². The average Bonchev–Trinajstić information content (AvgIpc) is 3.07. The van der Waals surface area contributed by atoms with E-state index < -0.39 is 17.6 Å². The molecule has 8 heteroatoms. The fourth-order valence-corrected chi connectivity index (χ4v) is 4.62. The van der Waals surface area contributed by atoms with Crippen LogP contribution in [0, 0.1) is 0 Å². The van der Waals surface area contributed by atoms with E-state index in [-0.39, 0.29) is 12.2 Å². The van der Waals surface area contributed by atoms with E-state index in [0.29, 0.717) is 10.8 Å². The van der Waals surface area contributed by atoms with Crippen LogP contribution in [-0.4, -0.2) is 38.1 Å². The smallest absolute Gasteiger partial charge is 0.165 e. The molecule has 2 saturated heterocycles. The van der Waals surface area contributed by atoms with E-state index in [2.05, 4.69) is 39.1 Å². The van der Waals surface area contributed by atoms with Crippen molar-refractivity contribution in [3.05, 3.63) is 33.9 Å². The third-order valence-electron chi connectivity index (χ3n) is 4.52. The number of aromatic nitrogens is 3. The monoisotopic (exact) mass is 461 g/mol. The molecule has 0 N–H and O–H groups in total. The summed E-state index contributed by atoms with van der Waals surface area (Å²) >= 11 is 8.35. The van der Waals surface area contributed by atoms with E-state index >= 15 is 0 Å². The molecule has 0 spiro atoms. The Balaban J connectivity index is 1.83. The molecule has 2 aliphatic heterocycles. The lowest BCUT2D eigenvalue weighted by Gasteiger charge is -2.28. The summed E-state index contributed by atoms with van der Waals surface area (Å²) in [4.78, 5) is 8.38. The highest BCUT2D eigenvalue weighted by Gasteiger charge is 2.64. The Morgan fingerprint density at radius 2 is 2.12 bits per heavy atom. The number of ether oxygens (including phenoxy) is 3. The van der Waals surface area contributed by atoms with Gasteiger partial charge in [-0.05, 0) is 49.4 Å². The first-order valence-corrected chi connectivity index (χ1v) is 9.03. The predicted octanol–water partition coefficient (Wildman–Crippen LogP) is 3.84. The maximum Gasteiger partial charge on any atom is 0.165 e. The Bertz CT molecular complexity index is 839. The standard InChI is InChI=1S/C16H17ClIN3O3/c1-8(18)10-16(4)11(23-15(2,3)24-16)14(22-10)21-6-5-9-12(17)19-7-20-13(9)21/h5-7,10-11,14H,1H2,2-4H3/t10-,11+,14-,16-/m1/s1. The van der Waals surface area contributed by atoms with E-state index in [1.807, 2.05) is 37.6 Å². The Kier molecular flexibility index (Phi) is 3.74. The van der Waals surface area contributed by atoms with Crippen LogP contribution in [0.15, 0.2) is 28.7 Å². The number of hydrogen-bond donors (Lipinski definition) is 0. The second-order valence-corrected chi connectivity index (χ2v) is 8.45. The lowest BCUT2D eigenvalue weighted by molar-refractivity contribution is -0.204. The molecule has 0 radical (unpaired) electrons. The first-order valence-electron chi connectivity index (χ1n) is 7.58. The van der Waals surface area contributed by atoms with Crippen molar-refractivity contribution in [2.45, 2.75) is 50.6 Å². The largest absolute Gasteiger partial charge is 0.344 e. The van der Waals surface area contributed by atoms with Gasteiger partial charge in [0.1, 0.15) is 34.9 Å². The van der Waals surface area contributed by atoms with Crippen LogP contribution < -0.4 is 0 Å². The molecule has 0 saturated carbocycles. The first kappa shape index (κ1) is 16.7. The van der Waals surface area contributed by atoms with Crippen LogP contribution in [-0.2, 0) is 14.2 Å². The molecular weight excluding hydrogens is 445 g/mol. The summed E-state index contributed by atoms with van der Waals surface area (Å²) in [5.74, 6) is -0.693. The molecule has 0 bridgehead atoms. The lowest BCUT2D eigenvalue weighted by atomic mass is 9.94. The van der Waals surface area contributed by atoms with Crippen molar-refractivity contribution in [1.29, 1.82) is 0 Å². The van der Waals surface area contributed by atoms with Crippen molar-refractivity contribution in [2.24, 2.45) is 0 Å². The van der Waals surface area contributed by atoms with Crippen molar-refractivity contribution in [2.75, 3.05) is 0 Å². The molecule has 6 nitrogen and oxygen atoms in total. The molecule has 24 heavy (non-hydrogen) atoms. The Morgan fingerprint density at radius 3 is 2.83 bits per heavy atom. The highest BCUT2D eigenvalue weighted by atomic mass is 127. The minimum Gasteiger partial charge on any atom is -0.344 e. The van der Waals surface area contributed by atoms with Gasteiger partial charge in [0.15, 0.2) is 12.0 Å². The number of nitrogens with zero attached hydrogens (tertiary/aromatic N) is 3. The lowest BCUT2D eigenvalue weighted by Crippen LogP contribution is -2.43. The maximum absolute atomic E-state index is 6.28. The van der Waals surface area contributed by atoms with Crippen LogP contribution >= 0.6 is 34.2 Å². The van der Waals surface area contributed by atoms with Crippen molar-refractivity contribution >= 4 is 45.2 Å². The third kappa shape index (κ3) is 2.33. The van der Waals surface area contributed by atoms with Gasteiger partial charge in [-0.25, -0.2) is 9.97 Å². The molecule has 2 aromatic heterocycles. The summed E-state index contributed by atoms with van der Waals surface area (Å²) in [5, 5.41) is 1.19. The summed E-state index contributed by atoms with van der Waals surface area (Å²) in [6.07, 6.45) is 2.36. The van der Waals surface area contributed by atoms with E-state index in [0.717, 1.165) is 8.97 Å². The van der Waals surface area contributed by atoms with Gasteiger partial charge in [0.2, 0.25) is 0 Å². The molecule has 0 aliphatic carbocycles. The van der Waals surface area contributed by atoms with Gasteiger partial charge in [-0.2, -0.15) is 0 Å². The number of hydrogen-bond acceptors (Lipinski definition) is 5. The van der Waals surface area contributed by atoms with Gasteiger partial charge in [-0.15, -0.1) is 0 Å². The molecule has 0 amide bonds. The van der Waals surface area contributed by atoms with Gasteiger partial charge in [-0.3, -0.25) is 0 Å². The molecule has 0 aromatic carbocycles. The summed E-state index contributed by atoms with van der Waals surface area (Å²) in [5.41, 5.74) is 0.0789. The van der Waals surface area contributed by atoms with Crippen molar-refractivity contribution in [3.63, 3.8) is 0 Å². The summed E-state index contributed by atoms with van der Waals surface area (Å²) in [6.45, 7) is 9.88. The highest BCUT2D eigenvalue weighted by molar-refractivity contribution is 14.1. The number of halogens is 2. The molecule has 2 fully saturated rings. The molecular formula is C16H17ClIN3O3. The fourth-order valence-electron chi connectivity index (χ4n) is 3.67. The van der Waals surface area contributed by atoms with Crippen molar-refractivity contribution in [1.82, 2.24) is 14.5 Å². The van der Waals surface area contributed by atoms with E-state index in [9.17, 15) is 0 Å². The van der Waals surface area contributed by atoms with Gasteiger partial charge in [0.25, 0.3) is 0 Å². The zero-order chi connectivity index (χ0) is 17.3. The SMILES string of the molecule is C=C(I)[C@H]1O[C@@H](n2ccc3c(Cl)ncnc32)[C@@H]2OC(C)(C)O[C@]12C. The molecule has 2 aromatic rings. The third-order valence-corrected chi connectivity index (χ3v) is 5.38. The highest BCUT2D eigenvalue weighted by Crippen LogP contribution is 2.53. The maximum atomic E-state index is 6.28. The molecule has 128 valence electrons. The van der Waals surface area contributed by atoms with Crippen LogP contribution in [0.2, 0.25) is 5.15 Å². The Labute approximate surface area is 158 Å². The average molecular weight is 462 g/mol. The van der Waals surface area contributed by atoms with Crippen molar-refractivity contribution < 1.29 is 14.2 Å². The number of rotatable bonds is 2. The normalized spacial score (nSPS) is 34.6. The van der Waals surface area contributed by atoms with Gasteiger partial charge in [0.05, 0.1) is 5.39 Å². The molecule has 4 atom stereocenters. The predicted molar refractivity (Wildman–Crippen MR) is 98.1 cm³/mol. The van der Waals surface area contributed by atoms with Gasteiger partial charge in [-0.1, -0.05) is 18.2 Å². The summed E-state index contributed by atoms with van der Waals surface area (Å²) in [7, 11) is 0. The minimum atomic E-state index is -0.693. The van der Waals surface area contributed by atoms with Crippen LogP contribution in [0.5, 0.6) is 0 Å². The summed E-state index contributed by atoms with van der Waals surface area (Å²) < 4.78 is 21.5. The Morgan fingerprint density at radius 1 is 1.38 bits per heavy atom. The summed E-state index contributed by atoms with van der Waals surface area (Å²) in [6, 6.07) is 1.88. The molecule has 2 aliphatic rings. The van der Waals surface area contributed by atoms with Crippen LogP contribution in [0.3, 0.4) is 0 Å². The van der Waals surface area contributed by atoms with Gasteiger partial charge in [0, 0.05) is 9.78 Å². The zero-order valence-electron chi connectivity index (χ0n) is 13.5. The quantitative estimate of drug-likeness (QED) is 0.502. The van der Waals surface area contributed by atoms with E-state index in [4.69, 9.17) is 25.8 Å². The minimum absolute atomic E-state index is 0.287. The number of fused-ring (bicyclic) bond motifs is 2. The van der Waals surface area contributed by atoms with E-state index in [1.165, 1.54) is 6.33 Å².